The molecule has 0 aromatic carbocycles. The van der Waals surface area contributed by atoms with E-state index in [0.717, 1.165) is 6.54 Å². The van der Waals surface area contributed by atoms with Gasteiger partial charge < -0.3 is 23.7 Å². The number of piperidine rings is 1. The molecule has 1 aliphatic heterocycles. The number of hydrogen-bond donors (Lipinski definition) is 0. The minimum absolute atomic E-state index is 0.211. The molecule has 0 spiro atoms. The molecule has 7 heteroatoms. The summed E-state index contributed by atoms with van der Waals surface area (Å²) >= 11 is 0. The Balaban J connectivity index is 2.55. The maximum absolute atomic E-state index is 10.2. The average molecular weight is 291 g/mol. The molecular formula is C13H25NO6. The average Bonchev–Trinajstić information content (AvgIpc) is 2.48. The van der Waals surface area contributed by atoms with E-state index in [1.54, 1.807) is 21.3 Å². The summed E-state index contributed by atoms with van der Waals surface area (Å²) in [7, 11) is 4.88. The van der Waals surface area contributed by atoms with Crippen LogP contribution in [0.4, 0.5) is 0 Å². The molecule has 1 fully saturated rings. The van der Waals surface area contributed by atoms with Crippen molar-refractivity contribution in [2.75, 3.05) is 60.8 Å². The van der Waals surface area contributed by atoms with E-state index in [9.17, 15) is 4.79 Å². The molecule has 1 unspecified atom stereocenters. The first-order chi connectivity index (χ1) is 9.72. The lowest BCUT2D eigenvalue weighted by molar-refractivity contribution is -0.290. The molecule has 0 radical (unpaired) electrons. The highest BCUT2D eigenvalue weighted by atomic mass is 16.7. The van der Waals surface area contributed by atoms with Crippen molar-refractivity contribution < 1.29 is 28.5 Å². The van der Waals surface area contributed by atoms with Crippen LogP contribution in [0.3, 0.4) is 0 Å². The Morgan fingerprint density at radius 2 is 1.95 bits per heavy atom. The fraction of sp³-hybridized carbons (Fsp3) is 0.923. The number of methoxy groups -OCH3 is 3. The first-order valence-electron chi connectivity index (χ1n) is 6.71. The number of carbonyl (C=O) groups excluding carboxylic acids is 1. The minimum atomic E-state index is -0.726. The van der Waals surface area contributed by atoms with E-state index < -0.39 is 5.79 Å². The molecule has 0 aliphatic carbocycles. The van der Waals surface area contributed by atoms with Crippen molar-refractivity contribution >= 4 is 6.47 Å². The second-order valence-electron chi connectivity index (χ2n) is 4.59. The van der Waals surface area contributed by atoms with E-state index in [1.807, 2.05) is 0 Å². The fourth-order valence-electron chi connectivity index (χ4n) is 2.38. The molecule has 0 saturated carbocycles. The zero-order chi connectivity index (χ0) is 14.8. The van der Waals surface area contributed by atoms with E-state index in [4.69, 9.17) is 23.7 Å². The van der Waals surface area contributed by atoms with E-state index in [-0.39, 0.29) is 6.10 Å². The Morgan fingerprint density at radius 3 is 2.55 bits per heavy atom. The summed E-state index contributed by atoms with van der Waals surface area (Å²) in [6.07, 6.45) is 0.483. The fourth-order valence-corrected chi connectivity index (χ4v) is 2.38. The van der Waals surface area contributed by atoms with Crippen molar-refractivity contribution in [2.45, 2.75) is 18.3 Å². The molecule has 0 amide bonds. The zero-order valence-corrected chi connectivity index (χ0v) is 12.5. The van der Waals surface area contributed by atoms with Gasteiger partial charge in [0.05, 0.1) is 13.2 Å². The molecular weight excluding hydrogens is 266 g/mol. The topological polar surface area (TPSA) is 66.5 Å². The van der Waals surface area contributed by atoms with Crippen LogP contribution in [-0.2, 0) is 28.5 Å². The number of hydrogen-bond acceptors (Lipinski definition) is 7. The highest BCUT2D eigenvalue weighted by molar-refractivity contribution is 5.36. The quantitative estimate of drug-likeness (QED) is 0.316. The summed E-state index contributed by atoms with van der Waals surface area (Å²) in [6.45, 7) is 3.98. The minimum Gasteiger partial charge on any atom is -0.467 e. The summed E-state index contributed by atoms with van der Waals surface area (Å²) in [5, 5.41) is 0. The van der Waals surface area contributed by atoms with Crippen molar-refractivity contribution in [3.05, 3.63) is 0 Å². The van der Waals surface area contributed by atoms with Gasteiger partial charge in [-0.15, -0.1) is 0 Å². The third-order valence-electron chi connectivity index (χ3n) is 3.58. The zero-order valence-electron chi connectivity index (χ0n) is 12.5. The standard InChI is InChI=1S/C13H25NO6/c1-16-8-9-20-12-10-14(6-7-19-11-15)5-4-13(12,17-2)18-3/h11-12H,4-10H2,1-3H3. The molecule has 0 bridgehead atoms. The predicted octanol–water partition coefficient (Wildman–Crippen LogP) is -0.114. The van der Waals surface area contributed by atoms with E-state index in [1.165, 1.54) is 0 Å². The maximum Gasteiger partial charge on any atom is 0.293 e. The first kappa shape index (κ1) is 17.3. The molecule has 118 valence electrons. The second-order valence-corrected chi connectivity index (χ2v) is 4.59. The molecule has 1 atom stereocenters. The van der Waals surface area contributed by atoms with Crippen LogP contribution in [0.5, 0.6) is 0 Å². The van der Waals surface area contributed by atoms with Crippen molar-refractivity contribution in [1.29, 1.82) is 0 Å². The summed E-state index contributed by atoms with van der Waals surface area (Å²) < 4.78 is 26.6. The van der Waals surface area contributed by atoms with Gasteiger partial charge in [-0.2, -0.15) is 0 Å². The SMILES string of the molecule is COCCOC1CN(CCOC=O)CCC1(OC)OC. The number of carbonyl (C=O) groups is 1. The van der Waals surface area contributed by atoms with Crippen molar-refractivity contribution in [3.63, 3.8) is 0 Å². The van der Waals surface area contributed by atoms with Gasteiger partial charge in [-0.05, 0) is 0 Å². The Kier molecular flexibility index (Phi) is 8.01. The van der Waals surface area contributed by atoms with E-state index in [0.29, 0.717) is 45.8 Å². The molecule has 1 saturated heterocycles. The molecule has 20 heavy (non-hydrogen) atoms. The third kappa shape index (κ3) is 4.68. The number of nitrogens with zero attached hydrogens (tertiary/aromatic N) is 1. The number of likely N-dealkylation sites (tertiary alicyclic amines) is 1. The lowest BCUT2D eigenvalue weighted by Crippen LogP contribution is -2.59. The number of ether oxygens (including phenoxy) is 5. The van der Waals surface area contributed by atoms with Crippen molar-refractivity contribution in [2.24, 2.45) is 0 Å². The van der Waals surface area contributed by atoms with Gasteiger partial charge in [0.15, 0.2) is 5.79 Å². The normalized spacial score (nSPS) is 22.6. The summed E-state index contributed by atoms with van der Waals surface area (Å²) in [5.41, 5.74) is 0. The maximum atomic E-state index is 10.2. The molecule has 1 heterocycles. The molecule has 0 N–H and O–H groups in total. The predicted molar refractivity (Wildman–Crippen MR) is 71.4 cm³/mol. The molecule has 1 rings (SSSR count). The van der Waals surface area contributed by atoms with Gasteiger partial charge in [0, 0.05) is 47.4 Å². The van der Waals surface area contributed by atoms with Crippen LogP contribution in [0.2, 0.25) is 0 Å². The van der Waals surface area contributed by atoms with Gasteiger partial charge in [0.1, 0.15) is 12.7 Å². The van der Waals surface area contributed by atoms with Crippen molar-refractivity contribution in [1.82, 2.24) is 4.90 Å². The van der Waals surface area contributed by atoms with Crippen LogP contribution in [0.25, 0.3) is 0 Å². The molecule has 1 aliphatic rings. The van der Waals surface area contributed by atoms with E-state index >= 15 is 0 Å². The lowest BCUT2D eigenvalue weighted by atomic mass is 10.00. The highest BCUT2D eigenvalue weighted by Crippen LogP contribution is 2.29. The van der Waals surface area contributed by atoms with Gasteiger partial charge in [-0.3, -0.25) is 9.69 Å². The molecule has 0 aromatic rings. The third-order valence-corrected chi connectivity index (χ3v) is 3.58. The van der Waals surface area contributed by atoms with Gasteiger partial charge in [0.25, 0.3) is 6.47 Å². The molecule has 0 aromatic heterocycles. The highest BCUT2D eigenvalue weighted by Gasteiger charge is 2.44. The Bertz CT molecular complexity index is 272. The summed E-state index contributed by atoms with van der Waals surface area (Å²) in [6, 6.07) is 0. The summed E-state index contributed by atoms with van der Waals surface area (Å²) in [4.78, 5) is 12.3. The first-order valence-corrected chi connectivity index (χ1v) is 6.71. The smallest absolute Gasteiger partial charge is 0.293 e. The van der Waals surface area contributed by atoms with Crippen LogP contribution in [-0.4, -0.2) is 84.0 Å². The van der Waals surface area contributed by atoms with Gasteiger partial charge in [0.2, 0.25) is 0 Å². The largest absolute Gasteiger partial charge is 0.467 e. The van der Waals surface area contributed by atoms with Crippen LogP contribution >= 0.6 is 0 Å². The Morgan fingerprint density at radius 1 is 1.20 bits per heavy atom. The Labute approximate surface area is 120 Å². The second kappa shape index (κ2) is 9.25. The van der Waals surface area contributed by atoms with Crippen LogP contribution < -0.4 is 0 Å². The summed E-state index contributed by atoms with van der Waals surface area (Å²) in [5.74, 6) is -0.726. The Hall–Kier alpha value is -0.730. The lowest BCUT2D eigenvalue weighted by Gasteiger charge is -2.45. The number of rotatable bonds is 10. The van der Waals surface area contributed by atoms with E-state index in [2.05, 4.69) is 4.90 Å². The van der Waals surface area contributed by atoms with Crippen LogP contribution in [0.1, 0.15) is 6.42 Å². The monoisotopic (exact) mass is 291 g/mol. The van der Waals surface area contributed by atoms with Crippen molar-refractivity contribution in [3.8, 4) is 0 Å². The van der Waals surface area contributed by atoms with Gasteiger partial charge >= 0.3 is 0 Å². The van der Waals surface area contributed by atoms with Crippen LogP contribution in [0.15, 0.2) is 0 Å². The van der Waals surface area contributed by atoms with Gasteiger partial charge in [-0.1, -0.05) is 0 Å². The van der Waals surface area contributed by atoms with Gasteiger partial charge in [-0.25, -0.2) is 0 Å². The molecule has 7 nitrogen and oxygen atoms in total. The van der Waals surface area contributed by atoms with Crippen LogP contribution in [0, 0.1) is 0 Å².